The first-order valence-corrected chi connectivity index (χ1v) is 9.34. The number of halogens is 2. The fourth-order valence-corrected chi connectivity index (χ4v) is 4.18. The third-order valence-corrected chi connectivity index (χ3v) is 5.49. The molecule has 1 fully saturated rings. The van der Waals surface area contributed by atoms with Crippen LogP contribution in [0, 0.1) is 12.8 Å². The fourth-order valence-electron chi connectivity index (χ4n) is 4.18. The first-order chi connectivity index (χ1) is 13.0. The second-order valence-electron chi connectivity index (χ2n) is 7.37. The van der Waals surface area contributed by atoms with Crippen molar-refractivity contribution in [3.05, 3.63) is 41.9 Å². The second kappa shape index (κ2) is 7.25. The molecule has 0 aliphatic carbocycles. The SMILES string of the molecule is Cc1cc2n(n1)[C@@H](C(F)F)C[C@@H](C1CCCN(C(=O)c3ccccn3)C1)N2. The molecule has 0 aromatic carbocycles. The van der Waals surface area contributed by atoms with E-state index in [0.29, 0.717) is 31.0 Å². The fraction of sp³-hybridized carbons (Fsp3) is 0.526. The monoisotopic (exact) mass is 375 g/mol. The van der Waals surface area contributed by atoms with Gasteiger partial charge in [-0.25, -0.2) is 13.5 Å². The first-order valence-electron chi connectivity index (χ1n) is 9.34. The van der Waals surface area contributed by atoms with E-state index in [-0.39, 0.29) is 17.9 Å². The first kappa shape index (κ1) is 17.9. The van der Waals surface area contributed by atoms with Gasteiger partial charge in [0.1, 0.15) is 17.6 Å². The van der Waals surface area contributed by atoms with E-state index in [4.69, 9.17) is 0 Å². The topological polar surface area (TPSA) is 63.1 Å². The Morgan fingerprint density at radius 3 is 2.96 bits per heavy atom. The van der Waals surface area contributed by atoms with E-state index >= 15 is 0 Å². The third kappa shape index (κ3) is 3.52. The van der Waals surface area contributed by atoms with Gasteiger partial charge < -0.3 is 10.2 Å². The van der Waals surface area contributed by atoms with Gasteiger partial charge in [-0.15, -0.1) is 0 Å². The predicted molar refractivity (Wildman–Crippen MR) is 96.9 cm³/mol. The van der Waals surface area contributed by atoms with Gasteiger partial charge in [0, 0.05) is 31.4 Å². The average molecular weight is 375 g/mol. The maximum Gasteiger partial charge on any atom is 0.272 e. The highest BCUT2D eigenvalue weighted by Gasteiger charge is 2.38. The number of alkyl halides is 2. The molecule has 1 saturated heterocycles. The summed E-state index contributed by atoms with van der Waals surface area (Å²) in [5.41, 5.74) is 1.15. The molecule has 0 bridgehead atoms. The number of nitrogens with one attached hydrogen (secondary N) is 1. The number of piperidine rings is 1. The van der Waals surface area contributed by atoms with E-state index in [1.807, 2.05) is 0 Å². The van der Waals surface area contributed by atoms with Gasteiger partial charge in [-0.05, 0) is 44.2 Å². The van der Waals surface area contributed by atoms with Crippen molar-refractivity contribution in [1.29, 1.82) is 0 Å². The lowest BCUT2D eigenvalue weighted by molar-refractivity contribution is 0.0503. The Morgan fingerprint density at radius 1 is 1.37 bits per heavy atom. The molecule has 27 heavy (non-hydrogen) atoms. The van der Waals surface area contributed by atoms with Crippen LogP contribution in [-0.2, 0) is 0 Å². The smallest absolute Gasteiger partial charge is 0.272 e. The molecule has 1 amide bonds. The standard InChI is InChI=1S/C19H23F2N5O/c1-12-9-17-23-15(10-16(18(20)21)26(17)24-12)13-5-4-8-25(11-13)19(27)14-6-2-3-7-22-14/h2-3,6-7,9,13,15-16,18,23H,4-5,8,10-11H2,1H3/t13?,15-,16+/m0/s1. The molecule has 4 heterocycles. The number of hydrogen-bond acceptors (Lipinski definition) is 4. The number of carbonyl (C=O) groups is 1. The molecule has 2 aliphatic heterocycles. The molecule has 4 rings (SSSR count). The Morgan fingerprint density at radius 2 is 2.22 bits per heavy atom. The molecule has 2 aliphatic rings. The largest absolute Gasteiger partial charge is 0.367 e. The molecule has 0 spiro atoms. The van der Waals surface area contributed by atoms with Crippen LogP contribution in [0.3, 0.4) is 0 Å². The molecule has 2 aromatic heterocycles. The zero-order valence-corrected chi connectivity index (χ0v) is 15.2. The van der Waals surface area contributed by atoms with Crippen molar-refractivity contribution in [1.82, 2.24) is 19.7 Å². The van der Waals surface area contributed by atoms with Crippen LogP contribution in [0.2, 0.25) is 0 Å². The number of hydrogen-bond donors (Lipinski definition) is 1. The number of amides is 1. The molecule has 144 valence electrons. The van der Waals surface area contributed by atoms with E-state index in [0.717, 1.165) is 18.5 Å². The maximum absolute atomic E-state index is 13.6. The number of aryl methyl sites for hydroxylation is 1. The number of likely N-dealkylation sites (tertiary alicyclic amines) is 1. The number of rotatable bonds is 3. The predicted octanol–water partition coefficient (Wildman–Crippen LogP) is 3.13. The van der Waals surface area contributed by atoms with Crippen LogP contribution in [0.15, 0.2) is 30.5 Å². The van der Waals surface area contributed by atoms with Crippen LogP contribution >= 0.6 is 0 Å². The van der Waals surface area contributed by atoms with Crippen LogP contribution in [0.4, 0.5) is 14.6 Å². The Kier molecular flexibility index (Phi) is 4.80. The van der Waals surface area contributed by atoms with E-state index < -0.39 is 12.5 Å². The van der Waals surface area contributed by atoms with E-state index in [2.05, 4.69) is 15.4 Å². The van der Waals surface area contributed by atoms with Gasteiger partial charge in [-0.3, -0.25) is 9.78 Å². The molecule has 6 nitrogen and oxygen atoms in total. The molecular weight excluding hydrogens is 352 g/mol. The van der Waals surface area contributed by atoms with E-state index in [9.17, 15) is 13.6 Å². The number of fused-ring (bicyclic) bond motifs is 1. The maximum atomic E-state index is 13.6. The van der Waals surface area contributed by atoms with Gasteiger partial charge in [0.15, 0.2) is 0 Å². The quantitative estimate of drug-likeness (QED) is 0.895. The zero-order chi connectivity index (χ0) is 19.0. The number of pyridine rings is 1. The van der Waals surface area contributed by atoms with Crippen LogP contribution in [-0.4, -0.2) is 51.1 Å². The zero-order valence-electron chi connectivity index (χ0n) is 15.2. The highest BCUT2D eigenvalue weighted by atomic mass is 19.3. The number of nitrogens with zero attached hydrogens (tertiary/aromatic N) is 4. The molecule has 8 heteroatoms. The van der Waals surface area contributed by atoms with Gasteiger partial charge >= 0.3 is 0 Å². The molecule has 1 N–H and O–H groups in total. The molecule has 0 saturated carbocycles. The van der Waals surface area contributed by atoms with E-state index in [1.165, 1.54) is 4.68 Å². The molecule has 1 unspecified atom stereocenters. The Bertz CT molecular complexity index is 810. The summed E-state index contributed by atoms with van der Waals surface area (Å²) >= 11 is 0. The van der Waals surface area contributed by atoms with Gasteiger partial charge in [0.2, 0.25) is 0 Å². The van der Waals surface area contributed by atoms with Crippen molar-refractivity contribution in [2.75, 3.05) is 18.4 Å². The van der Waals surface area contributed by atoms with Crippen molar-refractivity contribution in [3.8, 4) is 0 Å². The number of carbonyl (C=O) groups excluding carboxylic acids is 1. The number of aromatic nitrogens is 3. The van der Waals surface area contributed by atoms with Crippen molar-refractivity contribution in [3.63, 3.8) is 0 Å². The molecule has 3 atom stereocenters. The van der Waals surface area contributed by atoms with Gasteiger partial charge in [-0.1, -0.05) is 6.07 Å². The summed E-state index contributed by atoms with van der Waals surface area (Å²) in [4.78, 5) is 18.7. The summed E-state index contributed by atoms with van der Waals surface area (Å²) in [7, 11) is 0. The van der Waals surface area contributed by atoms with Gasteiger partial charge in [0.25, 0.3) is 12.3 Å². The lowest BCUT2D eigenvalue weighted by atomic mass is 9.86. The summed E-state index contributed by atoms with van der Waals surface area (Å²) in [6.45, 7) is 3.03. The summed E-state index contributed by atoms with van der Waals surface area (Å²) in [6.07, 6.45) is 1.21. The molecule has 2 aromatic rings. The minimum Gasteiger partial charge on any atom is -0.367 e. The minimum atomic E-state index is -2.47. The number of anilines is 1. The summed E-state index contributed by atoms with van der Waals surface area (Å²) in [5, 5.41) is 7.60. The second-order valence-corrected chi connectivity index (χ2v) is 7.37. The highest BCUT2D eigenvalue weighted by Crippen LogP contribution is 2.36. The lowest BCUT2D eigenvalue weighted by Gasteiger charge is -2.41. The minimum absolute atomic E-state index is 0.0950. The third-order valence-electron chi connectivity index (χ3n) is 5.49. The van der Waals surface area contributed by atoms with Crippen LogP contribution in [0.5, 0.6) is 0 Å². The van der Waals surface area contributed by atoms with Crippen molar-refractivity contribution < 1.29 is 13.6 Å². The Hall–Kier alpha value is -2.51. The van der Waals surface area contributed by atoms with Crippen molar-refractivity contribution in [2.24, 2.45) is 5.92 Å². The highest BCUT2D eigenvalue weighted by molar-refractivity contribution is 5.92. The van der Waals surface area contributed by atoms with Crippen LogP contribution < -0.4 is 5.32 Å². The van der Waals surface area contributed by atoms with Gasteiger partial charge in [-0.2, -0.15) is 5.10 Å². The van der Waals surface area contributed by atoms with Crippen LogP contribution in [0.1, 0.15) is 41.5 Å². The van der Waals surface area contributed by atoms with Crippen molar-refractivity contribution >= 4 is 11.7 Å². The van der Waals surface area contributed by atoms with Crippen LogP contribution in [0.25, 0.3) is 0 Å². The summed E-state index contributed by atoms with van der Waals surface area (Å²) < 4.78 is 28.6. The average Bonchev–Trinajstić information content (AvgIpc) is 3.07. The van der Waals surface area contributed by atoms with Gasteiger partial charge in [0.05, 0.1) is 5.69 Å². The molecule has 0 radical (unpaired) electrons. The lowest BCUT2D eigenvalue weighted by Crippen LogP contribution is -2.48. The Labute approximate surface area is 156 Å². The summed E-state index contributed by atoms with van der Waals surface area (Å²) in [5.74, 6) is 0.668. The molecular formula is C19H23F2N5O. The van der Waals surface area contributed by atoms with Crippen molar-refractivity contribution in [2.45, 2.75) is 44.7 Å². The summed E-state index contributed by atoms with van der Waals surface area (Å²) in [6, 6.07) is 6.05. The Balaban J connectivity index is 1.51. The normalized spacial score (nSPS) is 25.2. The van der Waals surface area contributed by atoms with E-state index in [1.54, 1.807) is 42.3 Å².